The summed E-state index contributed by atoms with van der Waals surface area (Å²) in [5.41, 5.74) is 1.97. The van der Waals surface area contributed by atoms with Crippen LogP contribution in [-0.2, 0) is 25.5 Å². The molecule has 134 valence electrons. The molecule has 0 amide bonds. The molecule has 1 aliphatic carbocycles. The van der Waals surface area contributed by atoms with Crippen molar-refractivity contribution in [3.8, 4) is 0 Å². The third-order valence-corrected chi connectivity index (χ3v) is 5.34. The summed E-state index contributed by atoms with van der Waals surface area (Å²) in [6.45, 7) is 7.43. The summed E-state index contributed by atoms with van der Waals surface area (Å²) in [5.74, 6) is -3.16. The van der Waals surface area contributed by atoms with E-state index in [0.29, 0.717) is 12.0 Å². The number of benzene rings is 1. The molecule has 1 aliphatic heterocycles. The van der Waals surface area contributed by atoms with Gasteiger partial charge in [0.05, 0.1) is 6.61 Å². The summed E-state index contributed by atoms with van der Waals surface area (Å²) in [6.07, 6.45) is 1.36. The van der Waals surface area contributed by atoms with Crippen molar-refractivity contribution < 1.29 is 23.9 Å². The van der Waals surface area contributed by atoms with Crippen LogP contribution in [-0.4, -0.2) is 29.9 Å². The number of carbonyl (C=O) groups is 3. The van der Waals surface area contributed by atoms with Gasteiger partial charge in [0.15, 0.2) is 11.7 Å². The molecule has 1 fully saturated rings. The van der Waals surface area contributed by atoms with Gasteiger partial charge in [0.2, 0.25) is 0 Å². The van der Waals surface area contributed by atoms with Crippen molar-refractivity contribution in [3.05, 3.63) is 34.9 Å². The van der Waals surface area contributed by atoms with Crippen molar-refractivity contribution in [1.29, 1.82) is 0 Å². The van der Waals surface area contributed by atoms with Gasteiger partial charge in [0.1, 0.15) is 5.60 Å². The Morgan fingerprint density at radius 1 is 1.32 bits per heavy atom. The molecule has 5 heteroatoms. The normalized spacial score (nSPS) is 27.6. The third-order valence-electron chi connectivity index (χ3n) is 5.34. The first-order valence-electron chi connectivity index (χ1n) is 8.79. The molecule has 1 aromatic carbocycles. The fourth-order valence-corrected chi connectivity index (χ4v) is 4.28. The molecule has 0 saturated carbocycles. The molecule has 0 aromatic heterocycles. The lowest BCUT2D eigenvalue weighted by atomic mass is 9.67. The molecule has 0 unspecified atom stereocenters. The van der Waals surface area contributed by atoms with Gasteiger partial charge in [-0.2, -0.15) is 0 Å². The van der Waals surface area contributed by atoms with Crippen molar-refractivity contribution in [2.75, 3.05) is 6.61 Å². The van der Waals surface area contributed by atoms with Gasteiger partial charge < -0.3 is 9.47 Å². The van der Waals surface area contributed by atoms with Gasteiger partial charge in [-0.25, -0.2) is 0 Å². The summed E-state index contributed by atoms with van der Waals surface area (Å²) < 4.78 is 10.5. The number of hydrogen-bond donors (Lipinski definition) is 0. The minimum atomic E-state index is -1.03. The minimum Gasteiger partial charge on any atom is -0.465 e. The van der Waals surface area contributed by atoms with Gasteiger partial charge in [-0.3, -0.25) is 14.4 Å². The first kappa shape index (κ1) is 17.6. The number of aryl methyl sites for hydroxylation is 2. The van der Waals surface area contributed by atoms with Gasteiger partial charge in [0, 0.05) is 17.4 Å². The average Bonchev–Trinajstić information content (AvgIpc) is 2.76. The SMILES string of the molecule is CCOC(=O)[C@@H]1C(=O)OC(C)(C)[C@H]1[C@H]1CCc2cc(C)ccc2C1=O. The molecule has 3 rings (SSSR count). The van der Waals surface area contributed by atoms with Gasteiger partial charge >= 0.3 is 11.9 Å². The van der Waals surface area contributed by atoms with E-state index in [1.807, 2.05) is 25.1 Å². The van der Waals surface area contributed by atoms with Crippen molar-refractivity contribution >= 4 is 17.7 Å². The van der Waals surface area contributed by atoms with E-state index in [2.05, 4.69) is 0 Å². The van der Waals surface area contributed by atoms with Crippen molar-refractivity contribution in [2.24, 2.45) is 17.8 Å². The van der Waals surface area contributed by atoms with Crippen LogP contribution in [0.3, 0.4) is 0 Å². The predicted molar refractivity (Wildman–Crippen MR) is 91.1 cm³/mol. The molecule has 25 heavy (non-hydrogen) atoms. The Kier molecular flexibility index (Phi) is 4.43. The molecule has 2 aliphatic rings. The van der Waals surface area contributed by atoms with E-state index < -0.39 is 35.3 Å². The zero-order chi connectivity index (χ0) is 18.4. The lowest BCUT2D eigenvalue weighted by Crippen LogP contribution is -2.43. The number of hydrogen-bond acceptors (Lipinski definition) is 5. The third kappa shape index (κ3) is 2.96. The first-order chi connectivity index (χ1) is 11.8. The Balaban J connectivity index is 1.98. The Morgan fingerprint density at radius 2 is 2.04 bits per heavy atom. The molecule has 1 saturated heterocycles. The van der Waals surface area contributed by atoms with Crippen LogP contribution in [0.5, 0.6) is 0 Å². The highest BCUT2D eigenvalue weighted by Gasteiger charge is 2.58. The second-order valence-electron chi connectivity index (χ2n) is 7.45. The summed E-state index contributed by atoms with van der Waals surface area (Å²) in [7, 11) is 0. The molecule has 0 bridgehead atoms. The molecule has 5 nitrogen and oxygen atoms in total. The largest absolute Gasteiger partial charge is 0.465 e. The maximum atomic E-state index is 13.1. The van der Waals surface area contributed by atoms with E-state index >= 15 is 0 Å². The number of esters is 2. The fourth-order valence-electron chi connectivity index (χ4n) is 4.28. The molecule has 0 spiro atoms. The predicted octanol–water partition coefficient (Wildman–Crippen LogP) is 2.87. The van der Waals surface area contributed by atoms with Crippen LogP contribution >= 0.6 is 0 Å². The second-order valence-corrected chi connectivity index (χ2v) is 7.45. The standard InChI is InChI=1S/C20H24O5/c1-5-24-18(22)15-16(20(3,4)25-19(15)23)14-9-7-12-10-11(2)6-8-13(12)17(14)21/h6,8,10,14-16H,5,7,9H2,1-4H3/t14-,15-,16+/m1/s1. The summed E-state index contributed by atoms with van der Waals surface area (Å²) in [6, 6.07) is 5.81. The molecule has 0 radical (unpaired) electrons. The van der Waals surface area contributed by atoms with Gasteiger partial charge in [0.25, 0.3) is 0 Å². The lowest BCUT2D eigenvalue weighted by Gasteiger charge is -2.35. The van der Waals surface area contributed by atoms with E-state index in [0.717, 1.165) is 17.5 Å². The quantitative estimate of drug-likeness (QED) is 0.623. The second kappa shape index (κ2) is 6.28. The van der Waals surface area contributed by atoms with Crippen molar-refractivity contribution in [3.63, 3.8) is 0 Å². The number of ether oxygens (including phenoxy) is 2. The van der Waals surface area contributed by atoms with Crippen LogP contribution in [0.25, 0.3) is 0 Å². The molecule has 3 atom stereocenters. The zero-order valence-corrected chi connectivity index (χ0v) is 15.1. The smallest absolute Gasteiger partial charge is 0.321 e. The van der Waals surface area contributed by atoms with E-state index in [1.54, 1.807) is 20.8 Å². The molecule has 0 N–H and O–H groups in total. The number of rotatable bonds is 3. The Bertz CT molecular complexity index is 734. The molecular formula is C20H24O5. The monoisotopic (exact) mass is 344 g/mol. The molecule has 1 aromatic rings. The van der Waals surface area contributed by atoms with Crippen LogP contribution in [0.1, 0.15) is 48.7 Å². The highest BCUT2D eigenvalue weighted by Crippen LogP contribution is 2.46. The van der Waals surface area contributed by atoms with Gasteiger partial charge in [-0.05, 0) is 46.1 Å². The van der Waals surface area contributed by atoms with Crippen molar-refractivity contribution in [1.82, 2.24) is 0 Å². The highest BCUT2D eigenvalue weighted by molar-refractivity contribution is 6.03. The number of Topliss-reactive ketones (excluding diaryl/α,β-unsaturated/α-hetero) is 1. The first-order valence-corrected chi connectivity index (χ1v) is 8.79. The number of fused-ring (bicyclic) bond motifs is 1. The maximum Gasteiger partial charge on any atom is 0.321 e. The van der Waals surface area contributed by atoms with Crippen LogP contribution in [0.15, 0.2) is 18.2 Å². The van der Waals surface area contributed by atoms with E-state index in [-0.39, 0.29) is 12.4 Å². The van der Waals surface area contributed by atoms with Gasteiger partial charge in [-0.15, -0.1) is 0 Å². The Hall–Kier alpha value is -2.17. The zero-order valence-electron chi connectivity index (χ0n) is 15.1. The van der Waals surface area contributed by atoms with Gasteiger partial charge in [-0.1, -0.05) is 23.8 Å². The van der Waals surface area contributed by atoms with E-state index in [1.165, 1.54) is 0 Å². The summed E-state index contributed by atoms with van der Waals surface area (Å²) in [5, 5.41) is 0. The van der Waals surface area contributed by atoms with Crippen LogP contribution in [0.2, 0.25) is 0 Å². The number of cyclic esters (lactones) is 1. The maximum absolute atomic E-state index is 13.1. The Labute approximate surface area is 147 Å². The number of carbonyl (C=O) groups excluding carboxylic acids is 3. The topological polar surface area (TPSA) is 69.7 Å². The Morgan fingerprint density at radius 3 is 2.72 bits per heavy atom. The van der Waals surface area contributed by atoms with E-state index in [4.69, 9.17) is 9.47 Å². The lowest BCUT2D eigenvalue weighted by molar-refractivity contribution is -0.157. The molecule has 1 heterocycles. The number of ketones is 1. The fraction of sp³-hybridized carbons (Fsp3) is 0.550. The summed E-state index contributed by atoms with van der Waals surface area (Å²) >= 11 is 0. The van der Waals surface area contributed by atoms with E-state index in [9.17, 15) is 14.4 Å². The van der Waals surface area contributed by atoms with Crippen molar-refractivity contribution in [2.45, 2.75) is 46.1 Å². The van der Waals surface area contributed by atoms with Crippen LogP contribution in [0.4, 0.5) is 0 Å². The van der Waals surface area contributed by atoms with Crippen LogP contribution in [0, 0.1) is 24.7 Å². The minimum absolute atomic E-state index is 0.00748. The summed E-state index contributed by atoms with van der Waals surface area (Å²) in [4.78, 5) is 37.8. The molecular weight excluding hydrogens is 320 g/mol. The average molecular weight is 344 g/mol. The van der Waals surface area contributed by atoms with Crippen LogP contribution < -0.4 is 0 Å². The highest BCUT2D eigenvalue weighted by atomic mass is 16.6.